The number of allylic oxidation sites excluding steroid dienone is 4. The third kappa shape index (κ3) is 7.04. The van der Waals surface area contributed by atoms with Crippen LogP contribution in [-0.2, 0) is 4.79 Å². The minimum Gasteiger partial charge on any atom is -0.299 e. The quantitative estimate of drug-likeness (QED) is 0.336. The molecule has 11 heavy (non-hydrogen) atoms. The van der Waals surface area contributed by atoms with E-state index in [1.807, 2.05) is 13.0 Å². The largest absolute Gasteiger partial charge is 0.299 e. The lowest BCUT2D eigenvalue weighted by Gasteiger charge is -2.02. The van der Waals surface area contributed by atoms with Gasteiger partial charge in [0, 0.05) is 0 Å². The monoisotopic (exact) mass is 152 g/mol. The van der Waals surface area contributed by atoms with E-state index in [4.69, 9.17) is 0 Å². The highest BCUT2D eigenvalue weighted by Gasteiger charge is 1.94. The molecule has 62 valence electrons. The van der Waals surface area contributed by atoms with Crippen LogP contribution in [0, 0.1) is 5.92 Å². The molecule has 0 radical (unpaired) electrons. The molecular formula is C10H16O. The molecule has 0 rings (SSSR count). The van der Waals surface area contributed by atoms with Gasteiger partial charge in [-0.05, 0) is 31.8 Å². The Bertz CT molecular complexity index is 145. The summed E-state index contributed by atoms with van der Waals surface area (Å²) in [6, 6.07) is 0. The van der Waals surface area contributed by atoms with E-state index < -0.39 is 0 Å². The van der Waals surface area contributed by atoms with Crippen molar-refractivity contribution in [3.63, 3.8) is 0 Å². The number of carbonyl (C=O) groups is 1. The van der Waals surface area contributed by atoms with Crippen LogP contribution in [0.5, 0.6) is 0 Å². The average molecular weight is 152 g/mol. The third-order valence-electron chi connectivity index (χ3n) is 1.53. The van der Waals surface area contributed by atoms with E-state index in [0.717, 1.165) is 19.1 Å². The summed E-state index contributed by atoms with van der Waals surface area (Å²) in [5.41, 5.74) is 0. The number of hydrogen-bond donors (Lipinski definition) is 0. The molecule has 0 fully saturated rings. The lowest BCUT2D eigenvalue weighted by Crippen LogP contribution is -1.88. The number of carbonyl (C=O) groups excluding carboxylic acids is 1. The topological polar surface area (TPSA) is 17.1 Å². The predicted octanol–water partition coefficient (Wildman–Crippen LogP) is 2.73. The van der Waals surface area contributed by atoms with Crippen molar-refractivity contribution in [2.24, 2.45) is 5.92 Å². The lowest BCUT2D eigenvalue weighted by atomic mass is 10.0. The van der Waals surface area contributed by atoms with Crippen LogP contribution in [-0.4, -0.2) is 6.29 Å². The Labute approximate surface area is 68.8 Å². The normalized spacial score (nSPS) is 14.4. The SMILES string of the molecule is CC=CCC(C)CC=CC=O. The molecule has 0 heterocycles. The van der Waals surface area contributed by atoms with Crippen LogP contribution >= 0.6 is 0 Å². The highest BCUT2D eigenvalue weighted by Crippen LogP contribution is 2.08. The van der Waals surface area contributed by atoms with Crippen LogP contribution in [0.3, 0.4) is 0 Å². The van der Waals surface area contributed by atoms with Crippen molar-refractivity contribution in [1.82, 2.24) is 0 Å². The van der Waals surface area contributed by atoms with Crippen LogP contribution in [0.4, 0.5) is 0 Å². The maximum Gasteiger partial charge on any atom is 0.142 e. The van der Waals surface area contributed by atoms with Crippen molar-refractivity contribution in [2.45, 2.75) is 26.7 Å². The maximum atomic E-state index is 9.90. The van der Waals surface area contributed by atoms with Crippen LogP contribution < -0.4 is 0 Å². The molecule has 0 aliphatic rings. The van der Waals surface area contributed by atoms with Gasteiger partial charge in [0.1, 0.15) is 6.29 Å². The molecule has 1 atom stereocenters. The standard InChI is InChI=1S/C10H16O/c1-3-4-7-10(2)8-5-6-9-11/h3-6,9-10H,7-8H2,1-2H3. The first-order chi connectivity index (χ1) is 5.31. The van der Waals surface area contributed by atoms with Gasteiger partial charge in [0.15, 0.2) is 0 Å². The summed E-state index contributed by atoms with van der Waals surface area (Å²) in [4.78, 5) is 9.90. The fourth-order valence-corrected chi connectivity index (χ4v) is 0.831. The van der Waals surface area contributed by atoms with Gasteiger partial charge in [-0.3, -0.25) is 4.79 Å². The van der Waals surface area contributed by atoms with E-state index in [9.17, 15) is 4.79 Å². The van der Waals surface area contributed by atoms with E-state index in [1.54, 1.807) is 6.08 Å². The second kappa shape index (κ2) is 7.26. The number of rotatable bonds is 5. The zero-order chi connectivity index (χ0) is 8.53. The first-order valence-electron chi connectivity index (χ1n) is 4.02. The molecule has 0 saturated heterocycles. The summed E-state index contributed by atoms with van der Waals surface area (Å²) >= 11 is 0. The van der Waals surface area contributed by atoms with E-state index >= 15 is 0 Å². The highest BCUT2D eigenvalue weighted by atomic mass is 16.1. The van der Waals surface area contributed by atoms with Crippen LogP contribution in [0.15, 0.2) is 24.3 Å². The zero-order valence-electron chi connectivity index (χ0n) is 7.29. The molecule has 0 N–H and O–H groups in total. The summed E-state index contributed by atoms with van der Waals surface area (Å²) in [6.07, 6.45) is 10.6. The molecule has 1 unspecified atom stereocenters. The van der Waals surface area contributed by atoms with Gasteiger partial charge in [0.2, 0.25) is 0 Å². The summed E-state index contributed by atoms with van der Waals surface area (Å²) in [5, 5.41) is 0. The Morgan fingerprint density at radius 2 is 1.91 bits per heavy atom. The summed E-state index contributed by atoms with van der Waals surface area (Å²) in [6.45, 7) is 4.20. The average Bonchev–Trinajstić information content (AvgIpc) is 2.01. The second-order valence-electron chi connectivity index (χ2n) is 2.71. The molecule has 0 spiro atoms. The van der Waals surface area contributed by atoms with E-state index in [0.29, 0.717) is 5.92 Å². The fourth-order valence-electron chi connectivity index (χ4n) is 0.831. The molecule has 0 amide bonds. The van der Waals surface area contributed by atoms with Gasteiger partial charge < -0.3 is 0 Å². The Morgan fingerprint density at radius 3 is 2.45 bits per heavy atom. The van der Waals surface area contributed by atoms with Crippen molar-refractivity contribution < 1.29 is 4.79 Å². The van der Waals surface area contributed by atoms with Crippen molar-refractivity contribution in [3.8, 4) is 0 Å². The van der Waals surface area contributed by atoms with Crippen LogP contribution in [0.2, 0.25) is 0 Å². The van der Waals surface area contributed by atoms with Gasteiger partial charge in [-0.2, -0.15) is 0 Å². The summed E-state index contributed by atoms with van der Waals surface area (Å²) in [7, 11) is 0. The molecule has 0 aromatic carbocycles. The van der Waals surface area contributed by atoms with Crippen molar-refractivity contribution in [2.75, 3.05) is 0 Å². The fraction of sp³-hybridized carbons (Fsp3) is 0.500. The first kappa shape index (κ1) is 10.2. The molecule has 0 bridgehead atoms. The minimum atomic E-state index is 0.641. The molecule has 0 aliphatic heterocycles. The van der Waals surface area contributed by atoms with Crippen LogP contribution in [0.1, 0.15) is 26.7 Å². The van der Waals surface area contributed by atoms with Gasteiger partial charge >= 0.3 is 0 Å². The molecule has 1 nitrogen and oxygen atoms in total. The van der Waals surface area contributed by atoms with Crippen molar-refractivity contribution in [3.05, 3.63) is 24.3 Å². The second-order valence-corrected chi connectivity index (χ2v) is 2.71. The molecule has 0 aromatic rings. The molecule has 0 saturated carbocycles. The lowest BCUT2D eigenvalue weighted by molar-refractivity contribution is -0.104. The Balaban J connectivity index is 3.43. The molecular weight excluding hydrogens is 136 g/mol. The van der Waals surface area contributed by atoms with Crippen LogP contribution in [0.25, 0.3) is 0 Å². The Kier molecular flexibility index (Phi) is 6.70. The van der Waals surface area contributed by atoms with Gasteiger partial charge in [-0.1, -0.05) is 25.2 Å². The van der Waals surface area contributed by atoms with Gasteiger partial charge in [0.25, 0.3) is 0 Å². The Morgan fingerprint density at radius 1 is 1.27 bits per heavy atom. The third-order valence-corrected chi connectivity index (χ3v) is 1.53. The Hall–Kier alpha value is -0.850. The summed E-state index contributed by atoms with van der Waals surface area (Å²) in [5.74, 6) is 0.641. The van der Waals surface area contributed by atoms with E-state index in [2.05, 4.69) is 19.1 Å². The predicted molar refractivity (Wildman–Crippen MR) is 48.4 cm³/mol. The first-order valence-corrected chi connectivity index (χ1v) is 4.02. The zero-order valence-corrected chi connectivity index (χ0v) is 7.29. The van der Waals surface area contributed by atoms with Crippen molar-refractivity contribution >= 4 is 6.29 Å². The number of aldehydes is 1. The smallest absolute Gasteiger partial charge is 0.142 e. The molecule has 0 aromatic heterocycles. The highest BCUT2D eigenvalue weighted by molar-refractivity contribution is 5.64. The van der Waals surface area contributed by atoms with Gasteiger partial charge in [0.05, 0.1) is 0 Å². The molecule has 0 aliphatic carbocycles. The van der Waals surface area contributed by atoms with E-state index in [1.165, 1.54) is 0 Å². The van der Waals surface area contributed by atoms with Gasteiger partial charge in [-0.25, -0.2) is 0 Å². The number of hydrogen-bond acceptors (Lipinski definition) is 1. The minimum absolute atomic E-state index is 0.641. The summed E-state index contributed by atoms with van der Waals surface area (Å²) < 4.78 is 0. The van der Waals surface area contributed by atoms with Gasteiger partial charge in [-0.15, -0.1) is 0 Å². The molecule has 1 heteroatoms. The maximum absolute atomic E-state index is 9.90. The van der Waals surface area contributed by atoms with E-state index in [-0.39, 0.29) is 0 Å². The van der Waals surface area contributed by atoms with Crippen molar-refractivity contribution in [1.29, 1.82) is 0 Å².